The Bertz CT molecular complexity index is 962. The number of aromatic nitrogens is 5. The predicted octanol–water partition coefficient (Wildman–Crippen LogP) is 3.79. The highest BCUT2D eigenvalue weighted by Crippen LogP contribution is 2.29. The van der Waals surface area contributed by atoms with Crippen LogP contribution in [-0.4, -0.2) is 37.2 Å². The Morgan fingerprint density at radius 2 is 1.87 bits per heavy atom. The molecular formula is C23H30N6O2. The minimum absolute atomic E-state index is 0.0452. The van der Waals surface area contributed by atoms with Gasteiger partial charge in [0.1, 0.15) is 0 Å². The molecule has 0 bridgehead atoms. The van der Waals surface area contributed by atoms with Gasteiger partial charge in [-0.15, -0.1) is 10.2 Å². The molecule has 4 N–H and O–H groups in total. The number of carbonyl (C=O) groups is 2. The monoisotopic (exact) mass is 422 g/mol. The highest BCUT2D eigenvalue weighted by molar-refractivity contribution is 6.43. The number of ketones is 2. The Kier molecular flexibility index (Phi) is 8.09. The topological polar surface area (TPSA) is 130 Å². The second kappa shape index (κ2) is 11.2. The zero-order valence-electron chi connectivity index (χ0n) is 17.9. The molecule has 3 aromatic rings. The number of unbranched alkanes of at least 4 members (excludes halogenated alkanes) is 2. The first kappa shape index (κ1) is 22.4. The molecular weight excluding hydrogens is 392 g/mol. The molecule has 1 aromatic carbocycles. The summed E-state index contributed by atoms with van der Waals surface area (Å²) < 4.78 is 0. The average molecular weight is 423 g/mol. The Hall–Kier alpha value is -3.29. The number of aromatic amines is 2. The van der Waals surface area contributed by atoms with Crippen molar-refractivity contribution in [3.05, 3.63) is 59.2 Å². The van der Waals surface area contributed by atoms with Crippen molar-refractivity contribution in [2.24, 2.45) is 0 Å². The molecule has 3 rings (SSSR count). The Labute approximate surface area is 182 Å². The largest absolute Gasteiger partial charge is 0.399 e. The molecule has 0 aliphatic carbocycles. The number of hydrogen-bond donors (Lipinski definition) is 3. The minimum Gasteiger partial charge on any atom is -0.399 e. The molecule has 0 saturated heterocycles. The second-order valence-electron chi connectivity index (χ2n) is 7.91. The third-order valence-corrected chi connectivity index (χ3v) is 5.57. The molecule has 0 radical (unpaired) electrons. The van der Waals surface area contributed by atoms with Crippen molar-refractivity contribution < 1.29 is 9.59 Å². The average Bonchev–Trinajstić information content (AvgIpc) is 3.46. The summed E-state index contributed by atoms with van der Waals surface area (Å²) in [5, 5.41) is 12.8. The van der Waals surface area contributed by atoms with Crippen LogP contribution >= 0.6 is 0 Å². The first-order valence-electron chi connectivity index (χ1n) is 10.9. The smallest absolute Gasteiger partial charge is 0.269 e. The van der Waals surface area contributed by atoms with Crippen LogP contribution in [-0.2, 0) is 17.6 Å². The Balaban J connectivity index is 1.52. The molecule has 0 spiro atoms. The summed E-state index contributed by atoms with van der Waals surface area (Å²) in [5.41, 5.74) is 9.80. The lowest BCUT2D eigenvalue weighted by Gasteiger charge is -2.17. The normalized spacial score (nSPS) is 12.0. The van der Waals surface area contributed by atoms with Crippen LogP contribution in [0, 0.1) is 0 Å². The van der Waals surface area contributed by atoms with Crippen LogP contribution in [0.25, 0.3) is 0 Å². The minimum atomic E-state index is -0.712. The van der Waals surface area contributed by atoms with Gasteiger partial charge >= 0.3 is 0 Å². The summed E-state index contributed by atoms with van der Waals surface area (Å²) in [6, 6.07) is 9.97. The van der Waals surface area contributed by atoms with Gasteiger partial charge in [0.15, 0.2) is 0 Å². The van der Waals surface area contributed by atoms with E-state index < -0.39 is 11.6 Å². The lowest BCUT2D eigenvalue weighted by Crippen LogP contribution is -2.19. The molecule has 0 fully saturated rings. The van der Waals surface area contributed by atoms with Crippen LogP contribution in [0.4, 0.5) is 5.69 Å². The quantitative estimate of drug-likeness (QED) is 0.166. The number of hydrogen-bond acceptors (Lipinski definition) is 6. The second-order valence-corrected chi connectivity index (χ2v) is 7.91. The van der Waals surface area contributed by atoms with E-state index in [2.05, 4.69) is 44.7 Å². The van der Waals surface area contributed by atoms with Crippen molar-refractivity contribution in [1.29, 1.82) is 0 Å². The molecule has 164 valence electrons. The molecule has 0 amide bonds. The molecule has 31 heavy (non-hydrogen) atoms. The number of Topliss-reactive ketones (excluding diaryl/α,β-unsaturated/α-hetero) is 2. The number of tetrazole rings is 1. The van der Waals surface area contributed by atoms with Gasteiger partial charge in [0.2, 0.25) is 11.6 Å². The van der Waals surface area contributed by atoms with Gasteiger partial charge in [-0.25, -0.2) is 0 Å². The number of rotatable bonds is 13. The standard InChI is InChI=1S/C23H30N6O2/c1-2-6-17(8-5-3-4-7-16-9-11-19(24)12-10-16)21-18(13-14-25-21)15-20(30)22(31)23-26-28-29-27-23/h9-14,17,25H,2-8,15,24H2,1H3,(H,26,27,28,29). The maximum absolute atomic E-state index is 12.4. The van der Waals surface area contributed by atoms with Crippen LogP contribution in [0.15, 0.2) is 36.5 Å². The molecule has 8 heteroatoms. The molecule has 1 atom stereocenters. The molecule has 2 heterocycles. The van der Waals surface area contributed by atoms with Crippen LogP contribution in [0.2, 0.25) is 0 Å². The van der Waals surface area contributed by atoms with E-state index in [4.69, 9.17) is 5.73 Å². The lowest BCUT2D eigenvalue weighted by atomic mass is 9.89. The SMILES string of the molecule is CCCC(CCCCCc1ccc(N)cc1)c1[nH]ccc1CC(=O)C(=O)c1nn[nH]n1. The number of anilines is 1. The van der Waals surface area contributed by atoms with Gasteiger partial charge in [0.05, 0.1) is 0 Å². The van der Waals surface area contributed by atoms with Crippen molar-refractivity contribution in [3.63, 3.8) is 0 Å². The van der Waals surface area contributed by atoms with E-state index in [0.717, 1.165) is 61.9 Å². The highest BCUT2D eigenvalue weighted by atomic mass is 16.2. The maximum atomic E-state index is 12.4. The van der Waals surface area contributed by atoms with Crippen molar-refractivity contribution in [3.8, 4) is 0 Å². The molecule has 2 aromatic heterocycles. The zero-order valence-corrected chi connectivity index (χ0v) is 17.9. The van der Waals surface area contributed by atoms with E-state index in [0.29, 0.717) is 5.92 Å². The van der Waals surface area contributed by atoms with Gasteiger partial charge in [-0.1, -0.05) is 38.3 Å². The molecule has 1 unspecified atom stereocenters. The first-order chi connectivity index (χ1) is 15.1. The van der Waals surface area contributed by atoms with Gasteiger partial charge in [-0.2, -0.15) is 5.21 Å². The summed E-state index contributed by atoms with van der Waals surface area (Å²) in [4.78, 5) is 27.9. The Morgan fingerprint density at radius 1 is 1.06 bits per heavy atom. The highest BCUT2D eigenvalue weighted by Gasteiger charge is 2.24. The van der Waals surface area contributed by atoms with Gasteiger partial charge < -0.3 is 10.7 Å². The predicted molar refractivity (Wildman–Crippen MR) is 119 cm³/mol. The van der Waals surface area contributed by atoms with Gasteiger partial charge in [0.25, 0.3) is 5.78 Å². The summed E-state index contributed by atoms with van der Waals surface area (Å²) in [7, 11) is 0. The van der Waals surface area contributed by atoms with Gasteiger partial charge in [-0.05, 0) is 66.1 Å². The first-order valence-corrected chi connectivity index (χ1v) is 10.9. The number of benzene rings is 1. The molecule has 0 aliphatic rings. The van der Waals surface area contributed by atoms with Crippen molar-refractivity contribution in [1.82, 2.24) is 25.6 Å². The maximum Gasteiger partial charge on any atom is 0.269 e. The fourth-order valence-corrected chi connectivity index (χ4v) is 3.95. The fraction of sp³-hybridized carbons (Fsp3) is 0.435. The van der Waals surface area contributed by atoms with Crippen molar-refractivity contribution in [2.45, 2.75) is 64.2 Å². The third kappa shape index (κ3) is 6.34. The molecule has 8 nitrogen and oxygen atoms in total. The summed E-state index contributed by atoms with van der Waals surface area (Å²) >= 11 is 0. The summed E-state index contributed by atoms with van der Waals surface area (Å²) in [6.45, 7) is 2.17. The van der Waals surface area contributed by atoms with E-state index in [1.807, 2.05) is 24.4 Å². The summed E-state index contributed by atoms with van der Waals surface area (Å²) in [5.74, 6) is -1.08. The fourth-order valence-electron chi connectivity index (χ4n) is 3.95. The Morgan fingerprint density at radius 3 is 2.58 bits per heavy atom. The van der Waals surface area contributed by atoms with Crippen LogP contribution in [0.3, 0.4) is 0 Å². The van der Waals surface area contributed by atoms with E-state index in [-0.39, 0.29) is 12.2 Å². The zero-order chi connectivity index (χ0) is 22.1. The third-order valence-electron chi connectivity index (χ3n) is 5.57. The number of nitrogens with one attached hydrogen (secondary N) is 2. The number of nitrogens with zero attached hydrogens (tertiary/aromatic N) is 3. The number of nitrogens with two attached hydrogens (primary N) is 1. The van der Waals surface area contributed by atoms with Crippen molar-refractivity contribution in [2.75, 3.05) is 5.73 Å². The van der Waals surface area contributed by atoms with E-state index in [1.54, 1.807) is 0 Å². The van der Waals surface area contributed by atoms with E-state index in [9.17, 15) is 9.59 Å². The van der Waals surface area contributed by atoms with E-state index >= 15 is 0 Å². The van der Waals surface area contributed by atoms with E-state index in [1.165, 1.54) is 5.56 Å². The van der Waals surface area contributed by atoms with Crippen LogP contribution in [0.5, 0.6) is 0 Å². The number of aryl methyl sites for hydroxylation is 1. The summed E-state index contributed by atoms with van der Waals surface area (Å²) in [6.07, 6.45) is 9.50. The molecule has 0 saturated carbocycles. The van der Waals surface area contributed by atoms with Crippen LogP contribution in [0.1, 0.15) is 78.8 Å². The van der Waals surface area contributed by atoms with Crippen LogP contribution < -0.4 is 5.73 Å². The number of carbonyl (C=O) groups excluding carboxylic acids is 2. The van der Waals surface area contributed by atoms with Gasteiger partial charge in [-0.3, -0.25) is 9.59 Å². The molecule has 0 aliphatic heterocycles. The lowest BCUT2D eigenvalue weighted by molar-refractivity contribution is -0.114. The number of nitrogen functional groups attached to an aromatic ring is 1. The van der Waals surface area contributed by atoms with Gasteiger partial charge in [0, 0.05) is 24.0 Å². The number of H-pyrrole nitrogens is 2. The van der Waals surface area contributed by atoms with Crippen molar-refractivity contribution >= 4 is 17.3 Å².